The van der Waals surface area contributed by atoms with Gasteiger partial charge in [0, 0.05) is 0 Å². The van der Waals surface area contributed by atoms with Crippen molar-refractivity contribution >= 4 is 39.7 Å². The quantitative estimate of drug-likeness (QED) is 0.297. The van der Waals surface area contributed by atoms with Crippen LogP contribution in [0.3, 0.4) is 0 Å². The zero-order valence-electron chi connectivity index (χ0n) is 4.81. The minimum atomic E-state index is -4.14. The van der Waals surface area contributed by atoms with Gasteiger partial charge in [0.25, 0.3) is 5.62 Å². The van der Waals surface area contributed by atoms with Gasteiger partial charge in [0.2, 0.25) is 0 Å². The van der Waals surface area contributed by atoms with Gasteiger partial charge in [-0.2, -0.15) is 8.42 Å². The van der Waals surface area contributed by atoms with E-state index in [1.807, 2.05) is 0 Å². The molecule has 0 aromatic heterocycles. The standard InChI is InChI=1S/C3H8O5S.Na.H/c1-2-8-9(6,7)3(4)5;;/h3-5H,2H2,1H3;;. The van der Waals surface area contributed by atoms with Crippen molar-refractivity contribution in [2.75, 3.05) is 6.61 Å². The van der Waals surface area contributed by atoms with Gasteiger partial charge in [-0.1, -0.05) is 0 Å². The molecule has 5 nitrogen and oxygen atoms in total. The molecule has 0 amide bonds. The van der Waals surface area contributed by atoms with Gasteiger partial charge in [0.1, 0.15) is 0 Å². The van der Waals surface area contributed by atoms with E-state index in [9.17, 15) is 8.42 Å². The van der Waals surface area contributed by atoms with Crippen LogP contribution in [0.4, 0.5) is 0 Å². The molecule has 0 atom stereocenters. The maximum atomic E-state index is 10.2. The molecule has 0 fully saturated rings. The van der Waals surface area contributed by atoms with Gasteiger partial charge in [0.15, 0.2) is 0 Å². The monoisotopic (exact) mass is 180 g/mol. The van der Waals surface area contributed by atoms with Crippen molar-refractivity contribution in [2.45, 2.75) is 12.5 Å². The summed E-state index contributed by atoms with van der Waals surface area (Å²) < 4.78 is 24.4. The molecule has 0 spiro atoms. The number of rotatable bonds is 3. The van der Waals surface area contributed by atoms with E-state index < -0.39 is 15.7 Å². The van der Waals surface area contributed by atoms with Crippen LogP contribution in [0, 0.1) is 0 Å². The topological polar surface area (TPSA) is 83.8 Å². The first-order valence-electron chi connectivity index (χ1n) is 2.25. The van der Waals surface area contributed by atoms with Gasteiger partial charge >= 0.3 is 39.7 Å². The molecule has 2 N–H and O–H groups in total. The van der Waals surface area contributed by atoms with Crippen LogP contribution >= 0.6 is 0 Å². The molecule has 0 aliphatic heterocycles. The molecule has 0 saturated heterocycles. The summed E-state index contributed by atoms with van der Waals surface area (Å²) in [4.78, 5) is 0. The van der Waals surface area contributed by atoms with E-state index in [-0.39, 0.29) is 36.2 Å². The molecule has 0 aromatic rings. The first-order chi connectivity index (χ1) is 4.00. The Hall–Kier alpha value is 0.830. The maximum absolute atomic E-state index is 10.2. The summed E-state index contributed by atoms with van der Waals surface area (Å²) in [5.74, 6) is 0. The minimum absolute atomic E-state index is 0. The van der Waals surface area contributed by atoms with Crippen molar-refractivity contribution in [1.29, 1.82) is 0 Å². The van der Waals surface area contributed by atoms with Gasteiger partial charge < -0.3 is 10.2 Å². The van der Waals surface area contributed by atoms with Crippen LogP contribution in [0.25, 0.3) is 0 Å². The molecular weight excluding hydrogens is 171 g/mol. The number of aliphatic hydroxyl groups is 2. The van der Waals surface area contributed by atoms with Crippen LogP contribution in [0.15, 0.2) is 0 Å². The van der Waals surface area contributed by atoms with Crippen molar-refractivity contribution in [3.63, 3.8) is 0 Å². The molecule has 0 bridgehead atoms. The molecule has 0 rings (SSSR count). The van der Waals surface area contributed by atoms with Crippen molar-refractivity contribution in [1.82, 2.24) is 0 Å². The fourth-order valence-corrected chi connectivity index (χ4v) is 0.675. The first kappa shape index (κ1) is 13.4. The van der Waals surface area contributed by atoms with Crippen molar-refractivity contribution in [2.24, 2.45) is 0 Å². The molecule has 0 aliphatic rings. The Morgan fingerprint density at radius 1 is 1.50 bits per heavy atom. The second kappa shape index (κ2) is 5.48. The summed E-state index contributed by atoms with van der Waals surface area (Å²) in [5.41, 5.74) is -2.43. The predicted molar refractivity (Wildman–Crippen MR) is 35.9 cm³/mol. The van der Waals surface area contributed by atoms with Crippen molar-refractivity contribution < 1.29 is 22.8 Å². The molecule has 0 aromatic carbocycles. The number of hydrogen-bond acceptors (Lipinski definition) is 5. The van der Waals surface area contributed by atoms with Gasteiger partial charge in [-0.3, -0.25) is 4.18 Å². The van der Waals surface area contributed by atoms with Gasteiger partial charge in [-0.25, -0.2) is 0 Å². The molecule has 7 heteroatoms. The zero-order chi connectivity index (χ0) is 7.49. The molecular formula is C3H9NaO5S. The SMILES string of the molecule is CCOS(=O)(=O)C(O)O.[NaH]. The van der Waals surface area contributed by atoms with Crippen LogP contribution in [-0.4, -0.2) is 60.4 Å². The van der Waals surface area contributed by atoms with E-state index >= 15 is 0 Å². The number of aliphatic hydroxyl groups excluding tert-OH is 1. The van der Waals surface area contributed by atoms with E-state index in [1.54, 1.807) is 0 Å². The van der Waals surface area contributed by atoms with E-state index in [2.05, 4.69) is 4.18 Å². The molecule has 58 valence electrons. The first-order valence-corrected chi connectivity index (χ1v) is 3.72. The molecule has 0 heterocycles. The molecule has 0 radical (unpaired) electrons. The Kier molecular flexibility index (Phi) is 7.35. The predicted octanol–water partition coefficient (Wildman–Crippen LogP) is -2.03. The third-order valence-electron chi connectivity index (χ3n) is 0.540. The molecule has 0 aliphatic carbocycles. The summed E-state index contributed by atoms with van der Waals surface area (Å²) in [6.45, 7) is 1.33. The Labute approximate surface area is 81.4 Å². The van der Waals surface area contributed by atoms with E-state index in [0.29, 0.717) is 0 Å². The third-order valence-corrected chi connectivity index (χ3v) is 1.62. The van der Waals surface area contributed by atoms with E-state index in [1.165, 1.54) is 6.92 Å². The zero-order valence-corrected chi connectivity index (χ0v) is 5.63. The molecule has 10 heavy (non-hydrogen) atoms. The summed E-state index contributed by atoms with van der Waals surface area (Å²) in [5, 5.41) is 16.1. The average molecular weight is 180 g/mol. The fourth-order valence-electron chi connectivity index (χ4n) is 0.225. The van der Waals surface area contributed by atoms with Gasteiger partial charge in [-0.05, 0) is 6.92 Å². The molecule has 0 saturated carbocycles. The summed E-state index contributed by atoms with van der Waals surface area (Å²) >= 11 is 0. The van der Waals surface area contributed by atoms with Gasteiger partial charge in [-0.15, -0.1) is 0 Å². The summed E-state index contributed by atoms with van der Waals surface area (Å²) in [7, 11) is -4.14. The van der Waals surface area contributed by atoms with Crippen LogP contribution in [0.1, 0.15) is 6.92 Å². The van der Waals surface area contributed by atoms with Gasteiger partial charge in [0.05, 0.1) is 6.61 Å². The van der Waals surface area contributed by atoms with Crippen LogP contribution < -0.4 is 0 Å². The summed E-state index contributed by atoms with van der Waals surface area (Å²) in [6.07, 6.45) is 0. The Bertz CT molecular complexity index is 162. The average Bonchev–Trinajstić information content (AvgIpc) is 1.65. The van der Waals surface area contributed by atoms with Crippen LogP contribution in [-0.2, 0) is 14.3 Å². The summed E-state index contributed by atoms with van der Waals surface area (Å²) in [6, 6.07) is 0. The fraction of sp³-hybridized carbons (Fsp3) is 1.00. The normalized spacial score (nSPS) is 11.2. The second-order valence-electron chi connectivity index (χ2n) is 1.23. The van der Waals surface area contributed by atoms with E-state index in [4.69, 9.17) is 10.2 Å². The third kappa shape index (κ3) is 4.62. The Morgan fingerprint density at radius 2 is 1.90 bits per heavy atom. The molecule has 0 unspecified atom stereocenters. The second-order valence-corrected chi connectivity index (χ2v) is 2.87. The Morgan fingerprint density at radius 3 is 2.00 bits per heavy atom. The van der Waals surface area contributed by atoms with E-state index in [0.717, 1.165) is 0 Å². The van der Waals surface area contributed by atoms with Crippen LogP contribution in [0.2, 0.25) is 0 Å². The Balaban J connectivity index is 0. The number of hydrogen-bond donors (Lipinski definition) is 2. The van der Waals surface area contributed by atoms with Crippen molar-refractivity contribution in [3.05, 3.63) is 0 Å². The van der Waals surface area contributed by atoms with Crippen molar-refractivity contribution in [3.8, 4) is 0 Å². The van der Waals surface area contributed by atoms with Crippen LogP contribution in [0.5, 0.6) is 0 Å².